The molecule has 7 heteroatoms. The molecular weight excluding hydrogens is 470 g/mol. The largest absolute Gasteiger partial charge is 0.508 e. The number of carbonyl (C=O) groups is 3. The van der Waals surface area contributed by atoms with E-state index in [4.69, 9.17) is 4.74 Å². The fourth-order valence-electron chi connectivity index (χ4n) is 3.74. The third kappa shape index (κ3) is 7.05. The number of aromatic hydroxyl groups is 2. The Hall–Kier alpha value is -4.91. The van der Waals surface area contributed by atoms with E-state index in [0.29, 0.717) is 12.0 Å². The normalized spacial score (nSPS) is 10.5. The first-order chi connectivity index (χ1) is 17.9. The van der Waals surface area contributed by atoms with Gasteiger partial charge in [-0.1, -0.05) is 42.5 Å². The summed E-state index contributed by atoms with van der Waals surface area (Å²) >= 11 is 0. The zero-order valence-electron chi connectivity index (χ0n) is 19.9. The molecule has 0 atom stereocenters. The summed E-state index contributed by atoms with van der Waals surface area (Å²) in [7, 11) is 0. The number of ether oxygens (including phenoxy) is 1. The summed E-state index contributed by atoms with van der Waals surface area (Å²) in [5.74, 6) is -0.147. The maximum absolute atomic E-state index is 12.5. The maximum atomic E-state index is 12.5. The van der Waals surface area contributed by atoms with Crippen LogP contribution in [0.1, 0.15) is 38.3 Å². The number of amides is 1. The summed E-state index contributed by atoms with van der Waals surface area (Å²) in [6, 6.07) is 26.5. The van der Waals surface area contributed by atoms with E-state index in [1.165, 1.54) is 30.3 Å². The van der Waals surface area contributed by atoms with Crippen LogP contribution in [0.4, 0.5) is 10.5 Å². The molecule has 0 aromatic heterocycles. The number of carbonyl (C=O) groups excluding carboxylic acids is 3. The second-order valence-electron chi connectivity index (χ2n) is 8.45. The van der Waals surface area contributed by atoms with Crippen molar-refractivity contribution in [2.75, 3.05) is 5.32 Å². The lowest BCUT2D eigenvalue weighted by atomic mass is 10.0. The van der Waals surface area contributed by atoms with Crippen molar-refractivity contribution in [1.29, 1.82) is 0 Å². The summed E-state index contributed by atoms with van der Waals surface area (Å²) in [5.41, 5.74) is 2.72. The molecule has 0 saturated carbocycles. The van der Waals surface area contributed by atoms with Gasteiger partial charge >= 0.3 is 6.09 Å². The van der Waals surface area contributed by atoms with Crippen LogP contribution in [0.3, 0.4) is 0 Å². The predicted octanol–water partition coefficient (Wildman–Crippen LogP) is 5.95. The van der Waals surface area contributed by atoms with Crippen LogP contribution in [-0.4, -0.2) is 27.9 Å². The number of hydrogen-bond acceptors (Lipinski definition) is 6. The number of phenols is 2. The molecule has 7 nitrogen and oxygen atoms in total. The highest BCUT2D eigenvalue weighted by Gasteiger charge is 2.14. The third-order valence-corrected chi connectivity index (χ3v) is 5.72. The van der Waals surface area contributed by atoms with Crippen LogP contribution in [0.15, 0.2) is 97.1 Å². The van der Waals surface area contributed by atoms with E-state index < -0.39 is 6.09 Å². The molecule has 186 valence electrons. The van der Waals surface area contributed by atoms with E-state index in [2.05, 4.69) is 5.32 Å². The lowest BCUT2D eigenvalue weighted by Gasteiger charge is -2.10. The molecule has 0 fully saturated rings. The van der Waals surface area contributed by atoms with Gasteiger partial charge < -0.3 is 14.9 Å². The molecule has 0 unspecified atom stereocenters. The van der Waals surface area contributed by atoms with Crippen molar-refractivity contribution in [2.24, 2.45) is 0 Å². The van der Waals surface area contributed by atoms with Crippen LogP contribution in [0.25, 0.3) is 0 Å². The van der Waals surface area contributed by atoms with Gasteiger partial charge in [0.1, 0.15) is 17.2 Å². The van der Waals surface area contributed by atoms with Gasteiger partial charge in [0.05, 0.1) is 5.56 Å². The van der Waals surface area contributed by atoms with Crippen LogP contribution in [0.2, 0.25) is 0 Å². The van der Waals surface area contributed by atoms with Gasteiger partial charge in [-0.25, -0.2) is 4.79 Å². The lowest BCUT2D eigenvalue weighted by molar-refractivity contribution is 0.0976. The van der Waals surface area contributed by atoms with Gasteiger partial charge in [0.25, 0.3) is 0 Å². The van der Waals surface area contributed by atoms with Gasteiger partial charge in [0, 0.05) is 30.2 Å². The first-order valence-electron chi connectivity index (χ1n) is 11.7. The van der Waals surface area contributed by atoms with Gasteiger partial charge in [-0.15, -0.1) is 0 Å². The average molecular weight is 496 g/mol. The zero-order chi connectivity index (χ0) is 26.2. The summed E-state index contributed by atoms with van der Waals surface area (Å²) in [6.07, 6.45) is 0.132. The van der Waals surface area contributed by atoms with E-state index in [1.54, 1.807) is 36.4 Å². The van der Waals surface area contributed by atoms with Crippen molar-refractivity contribution in [3.8, 4) is 17.2 Å². The molecule has 4 rings (SSSR count). The number of rotatable bonds is 9. The van der Waals surface area contributed by atoms with Crippen molar-refractivity contribution in [3.05, 3.63) is 119 Å². The van der Waals surface area contributed by atoms with Crippen molar-refractivity contribution in [1.82, 2.24) is 0 Å². The molecule has 37 heavy (non-hydrogen) atoms. The van der Waals surface area contributed by atoms with Crippen molar-refractivity contribution in [3.63, 3.8) is 0 Å². The average Bonchev–Trinajstić information content (AvgIpc) is 2.89. The highest BCUT2D eigenvalue weighted by atomic mass is 16.6. The Morgan fingerprint density at radius 1 is 0.730 bits per heavy atom. The monoisotopic (exact) mass is 495 g/mol. The Morgan fingerprint density at radius 3 is 2.11 bits per heavy atom. The Morgan fingerprint density at radius 2 is 1.43 bits per heavy atom. The molecule has 3 N–H and O–H groups in total. The molecule has 0 aliphatic heterocycles. The van der Waals surface area contributed by atoms with Gasteiger partial charge in [-0.05, 0) is 66.1 Å². The van der Waals surface area contributed by atoms with Crippen molar-refractivity contribution in [2.45, 2.75) is 19.3 Å². The Kier molecular flexibility index (Phi) is 7.95. The summed E-state index contributed by atoms with van der Waals surface area (Å²) in [4.78, 5) is 37.2. The number of hydrogen-bond donors (Lipinski definition) is 3. The van der Waals surface area contributed by atoms with Crippen LogP contribution in [0.5, 0.6) is 17.2 Å². The van der Waals surface area contributed by atoms with Crippen LogP contribution in [0, 0.1) is 0 Å². The molecule has 1 amide bonds. The summed E-state index contributed by atoms with van der Waals surface area (Å²) < 4.78 is 5.26. The molecule has 0 bridgehead atoms. The van der Waals surface area contributed by atoms with Gasteiger partial charge in [-0.2, -0.15) is 0 Å². The molecule has 0 radical (unpaired) electrons. The fraction of sp³-hybridized carbons (Fsp3) is 0.100. The Balaban J connectivity index is 1.29. The molecule has 0 spiro atoms. The minimum absolute atomic E-state index is 0.0459. The SMILES string of the molecule is O=C(Nc1ccc(C(=O)CCc2ccc(O)cc2)c(O)c1)Oc1ccc(C(=O)Cc2ccccc2)cc1. The van der Waals surface area contributed by atoms with Crippen LogP contribution >= 0.6 is 0 Å². The molecule has 0 aliphatic carbocycles. The van der Waals surface area contributed by atoms with E-state index in [1.807, 2.05) is 30.3 Å². The number of nitrogens with one attached hydrogen (secondary N) is 1. The zero-order valence-corrected chi connectivity index (χ0v) is 19.9. The number of Topliss-reactive ketones (excluding diaryl/α,β-unsaturated/α-hetero) is 2. The maximum Gasteiger partial charge on any atom is 0.417 e. The molecule has 0 heterocycles. The van der Waals surface area contributed by atoms with E-state index in [-0.39, 0.29) is 52.9 Å². The quantitative estimate of drug-likeness (QED) is 0.247. The van der Waals surface area contributed by atoms with Crippen molar-refractivity contribution >= 4 is 23.3 Å². The highest BCUT2D eigenvalue weighted by molar-refractivity contribution is 6.00. The topological polar surface area (TPSA) is 113 Å². The number of phenolic OH excluding ortho intramolecular Hbond substituents is 2. The number of ketones is 2. The number of anilines is 1. The van der Waals surface area contributed by atoms with Gasteiger partial charge in [0.2, 0.25) is 0 Å². The second-order valence-corrected chi connectivity index (χ2v) is 8.45. The van der Waals surface area contributed by atoms with Crippen LogP contribution in [-0.2, 0) is 12.8 Å². The lowest BCUT2D eigenvalue weighted by Crippen LogP contribution is -2.17. The molecule has 4 aromatic carbocycles. The molecule has 4 aromatic rings. The van der Waals surface area contributed by atoms with Crippen molar-refractivity contribution < 1.29 is 29.3 Å². The Bertz CT molecular complexity index is 1400. The van der Waals surface area contributed by atoms with Gasteiger partial charge in [-0.3, -0.25) is 14.9 Å². The fourth-order valence-corrected chi connectivity index (χ4v) is 3.74. The summed E-state index contributed by atoms with van der Waals surface area (Å²) in [6.45, 7) is 0. The summed E-state index contributed by atoms with van der Waals surface area (Å²) in [5, 5.41) is 22.2. The minimum atomic E-state index is -0.783. The van der Waals surface area contributed by atoms with E-state index >= 15 is 0 Å². The smallest absolute Gasteiger partial charge is 0.417 e. The predicted molar refractivity (Wildman–Crippen MR) is 139 cm³/mol. The highest BCUT2D eigenvalue weighted by Crippen LogP contribution is 2.25. The molecular formula is C30H25NO6. The third-order valence-electron chi connectivity index (χ3n) is 5.72. The first-order valence-corrected chi connectivity index (χ1v) is 11.7. The first kappa shape index (κ1) is 25.2. The molecule has 0 saturated heterocycles. The minimum Gasteiger partial charge on any atom is -0.508 e. The van der Waals surface area contributed by atoms with Crippen LogP contribution < -0.4 is 10.1 Å². The van der Waals surface area contributed by atoms with E-state index in [9.17, 15) is 24.6 Å². The number of benzene rings is 4. The standard InChI is InChI=1S/C30H25NO6/c32-24-12-6-20(7-13-24)8-17-27(33)26-16-11-23(19-29(26)35)31-30(36)37-25-14-9-22(10-15-25)28(34)18-21-4-2-1-3-5-21/h1-7,9-16,19,32,35H,8,17-18H2,(H,31,36). The second kappa shape index (κ2) is 11.7. The van der Waals surface area contributed by atoms with E-state index in [0.717, 1.165) is 11.1 Å². The number of aryl methyl sites for hydroxylation is 1. The van der Waals surface area contributed by atoms with Gasteiger partial charge in [0.15, 0.2) is 11.6 Å². The molecule has 0 aliphatic rings. The Labute approximate surface area is 214 Å².